The molecule has 0 aromatic carbocycles. The third kappa shape index (κ3) is 3.29. The molecule has 2 rings (SSSR count). The van der Waals surface area contributed by atoms with E-state index >= 15 is 0 Å². The Hall–Kier alpha value is -2.19. The maximum absolute atomic E-state index is 12.2. The molecule has 2 aromatic heterocycles. The van der Waals surface area contributed by atoms with Crippen molar-refractivity contribution >= 4 is 34.6 Å². The Kier molecular flexibility index (Phi) is 4.39. The highest BCUT2D eigenvalue weighted by Crippen LogP contribution is 2.22. The summed E-state index contributed by atoms with van der Waals surface area (Å²) in [6, 6.07) is 4.27. The summed E-state index contributed by atoms with van der Waals surface area (Å²) in [6.45, 7) is 0.0852. The van der Waals surface area contributed by atoms with Crippen LogP contribution >= 0.6 is 22.9 Å². The van der Waals surface area contributed by atoms with Gasteiger partial charge < -0.3 is 9.30 Å². The average Bonchev–Trinajstić information content (AvgIpc) is 2.85. The number of halogens is 1. The van der Waals surface area contributed by atoms with Gasteiger partial charge in [-0.1, -0.05) is 11.6 Å². The maximum Gasteiger partial charge on any atom is 0.343 e. The zero-order valence-electron chi connectivity index (χ0n) is 10.7. The van der Waals surface area contributed by atoms with Crippen molar-refractivity contribution in [1.29, 1.82) is 0 Å². The maximum atomic E-state index is 12.2. The summed E-state index contributed by atoms with van der Waals surface area (Å²) in [5.41, 5.74) is -1.40. The van der Waals surface area contributed by atoms with Gasteiger partial charge in [0.05, 0.1) is 29.1 Å². The lowest BCUT2D eigenvalue weighted by atomic mass is 10.2. The van der Waals surface area contributed by atoms with Crippen LogP contribution in [0, 0.1) is 10.1 Å². The zero-order chi connectivity index (χ0) is 15.6. The summed E-state index contributed by atoms with van der Waals surface area (Å²) < 4.78 is 6.10. The smallest absolute Gasteiger partial charge is 0.343 e. The van der Waals surface area contributed by atoms with Crippen molar-refractivity contribution in [2.24, 2.45) is 0 Å². The zero-order valence-corrected chi connectivity index (χ0v) is 12.3. The van der Waals surface area contributed by atoms with Gasteiger partial charge in [-0.2, -0.15) is 0 Å². The van der Waals surface area contributed by atoms with Gasteiger partial charge in [0, 0.05) is 10.9 Å². The first kappa shape index (κ1) is 15.2. The molecule has 0 bridgehead atoms. The van der Waals surface area contributed by atoms with Crippen molar-refractivity contribution in [3.05, 3.63) is 59.6 Å². The number of nitrogens with zero attached hydrogens (tertiary/aromatic N) is 2. The second kappa shape index (κ2) is 6.06. The van der Waals surface area contributed by atoms with E-state index in [0.29, 0.717) is 4.34 Å². The standard InChI is InChI=1S/C12H9ClN2O5S/c1-20-12(17)9-4-7(15(18)19)5-14(11(9)16)6-8-2-3-10(13)21-8/h2-5H,6H2,1H3. The number of rotatable bonds is 4. The van der Waals surface area contributed by atoms with Crippen molar-refractivity contribution in [3.8, 4) is 0 Å². The normalized spacial score (nSPS) is 10.4. The Balaban J connectivity index is 2.53. The average molecular weight is 329 g/mol. The summed E-state index contributed by atoms with van der Waals surface area (Å²) >= 11 is 7.05. The van der Waals surface area contributed by atoms with E-state index in [-0.39, 0.29) is 17.8 Å². The minimum atomic E-state index is -0.915. The number of carbonyl (C=O) groups is 1. The van der Waals surface area contributed by atoms with Gasteiger partial charge in [0.25, 0.3) is 11.2 Å². The quantitative estimate of drug-likeness (QED) is 0.488. The molecule has 0 aliphatic rings. The monoisotopic (exact) mass is 328 g/mol. The molecule has 0 radical (unpaired) electrons. The molecule has 0 fully saturated rings. The van der Waals surface area contributed by atoms with Crippen LogP contribution in [0.3, 0.4) is 0 Å². The molecule has 110 valence electrons. The second-order valence-corrected chi connectivity index (χ2v) is 5.80. The van der Waals surface area contributed by atoms with Crippen molar-refractivity contribution < 1.29 is 14.5 Å². The Morgan fingerprint density at radius 2 is 2.24 bits per heavy atom. The van der Waals surface area contributed by atoms with Gasteiger partial charge in [0.1, 0.15) is 5.56 Å². The molecule has 0 aliphatic heterocycles. The van der Waals surface area contributed by atoms with E-state index in [9.17, 15) is 19.7 Å². The number of carbonyl (C=O) groups excluding carboxylic acids is 1. The summed E-state index contributed by atoms with van der Waals surface area (Å²) in [7, 11) is 1.10. The van der Waals surface area contributed by atoms with Crippen LogP contribution in [0.5, 0.6) is 0 Å². The Bertz CT molecular complexity index is 767. The molecule has 0 saturated carbocycles. The number of esters is 1. The first-order valence-corrected chi connectivity index (χ1v) is 6.83. The highest BCUT2D eigenvalue weighted by molar-refractivity contribution is 7.16. The van der Waals surface area contributed by atoms with Gasteiger partial charge in [0.15, 0.2) is 0 Å². The number of nitro groups is 1. The third-order valence-corrected chi connectivity index (χ3v) is 3.86. The fraction of sp³-hybridized carbons (Fsp3) is 0.167. The molecule has 2 aromatic rings. The van der Waals surface area contributed by atoms with E-state index < -0.39 is 16.5 Å². The molecule has 0 saturated heterocycles. The molecule has 9 heteroatoms. The predicted octanol–water partition coefficient (Wildman–Crippen LogP) is 2.31. The fourth-order valence-corrected chi connectivity index (χ4v) is 2.78. The topological polar surface area (TPSA) is 91.4 Å². The van der Waals surface area contributed by atoms with Crippen LogP contribution in [0.2, 0.25) is 4.34 Å². The highest BCUT2D eigenvalue weighted by atomic mass is 35.5. The lowest BCUT2D eigenvalue weighted by Gasteiger charge is -2.06. The molecular weight excluding hydrogens is 320 g/mol. The van der Waals surface area contributed by atoms with Gasteiger partial charge in [-0.05, 0) is 12.1 Å². The van der Waals surface area contributed by atoms with Crippen LogP contribution in [0.25, 0.3) is 0 Å². The fourth-order valence-electron chi connectivity index (χ4n) is 1.70. The summed E-state index contributed by atoms with van der Waals surface area (Å²) in [6.07, 6.45) is 1.09. The first-order valence-electron chi connectivity index (χ1n) is 5.63. The van der Waals surface area contributed by atoms with E-state index in [1.165, 1.54) is 11.3 Å². The number of pyridine rings is 1. The lowest BCUT2D eigenvalue weighted by molar-refractivity contribution is -0.385. The molecule has 0 unspecified atom stereocenters. The summed E-state index contributed by atoms with van der Waals surface area (Å²) in [5.74, 6) is -0.915. The van der Waals surface area contributed by atoms with Gasteiger partial charge in [-0.3, -0.25) is 14.9 Å². The summed E-state index contributed by atoms with van der Waals surface area (Å²) in [4.78, 5) is 34.7. The van der Waals surface area contributed by atoms with E-state index in [4.69, 9.17) is 11.6 Å². The minimum Gasteiger partial charge on any atom is -0.465 e. The number of hydrogen-bond donors (Lipinski definition) is 0. The van der Waals surface area contributed by atoms with Crippen molar-refractivity contribution in [3.63, 3.8) is 0 Å². The molecular formula is C12H9ClN2O5S. The van der Waals surface area contributed by atoms with E-state index in [1.54, 1.807) is 12.1 Å². The van der Waals surface area contributed by atoms with E-state index in [2.05, 4.69) is 4.74 Å². The molecule has 0 amide bonds. The number of ether oxygens (including phenoxy) is 1. The Labute approximate surface area is 127 Å². The minimum absolute atomic E-state index is 0.0852. The molecule has 21 heavy (non-hydrogen) atoms. The van der Waals surface area contributed by atoms with Gasteiger partial charge in [-0.25, -0.2) is 4.79 Å². The van der Waals surface area contributed by atoms with E-state index in [0.717, 1.165) is 28.8 Å². The van der Waals surface area contributed by atoms with Gasteiger partial charge >= 0.3 is 5.97 Å². The number of methoxy groups -OCH3 is 1. The van der Waals surface area contributed by atoms with Gasteiger partial charge in [-0.15, -0.1) is 11.3 Å². The molecule has 0 spiro atoms. The predicted molar refractivity (Wildman–Crippen MR) is 77.1 cm³/mol. The van der Waals surface area contributed by atoms with Crippen LogP contribution in [0.15, 0.2) is 29.2 Å². The molecule has 0 aliphatic carbocycles. The molecule has 7 nitrogen and oxygen atoms in total. The second-order valence-electron chi connectivity index (χ2n) is 4.00. The van der Waals surface area contributed by atoms with Crippen molar-refractivity contribution in [1.82, 2.24) is 4.57 Å². The lowest BCUT2D eigenvalue weighted by Crippen LogP contribution is -2.27. The number of aromatic nitrogens is 1. The number of hydrogen-bond acceptors (Lipinski definition) is 6. The van der Waals surface area contributed by atoms with Crippen molar-refractivity contribution in [2.45, 2.75) is 6.54 Å². The van der Waals surface area contributed by atoms with Crippen LogP contribution in [-0.2, 0) is 11.3 Å². The Morgan fingerprint density at radius 3 is 2.76 bits per heavy atom. The number of thiophene rings is 1. The SMILES string of the molecule is COC(=O)c1cc([N+](=O)[O-])cn(Cc2ccc(Cl)s2)c1=O. The van der Waals surface area contributed by atoms with Crippen LogP contribution in [0.1, 0.15) is 15.2 Å². The molecule has 0 atom stereocenters. The van der Waals surface area contributed by atoms with Gasteiger partial charge in [0.2, 0.25) is 0 Å². The van der Waals surface area contributed by atoms with Crippen LogP contribution in [-0.4, -0.2) is 22.6 Å². The summed E-state index contributed by atoms with van der Waals surface area (Å²) in [5, 5.41) is 10.9. The van der Waals surface area contributed by atoms with Crippen molar-refractivity contribution in [2.75, 3.05) is 7.11 Å². The van der Waals surface area contributed by atoms with Crippen LogP contribution < -0.4 is 5.56 Å². The molecule has 0 N–H and O–H groups in total. The third-order valence-electron chi connectivity index (χ3n) is 2.64. The van der Waals surface area contributed by atoms with Crippen LogP contribution in [0.4, 0.5) is 5.69 Å². The largest absolute Gasteiger partial charge is 0.465 e. The molecule has 2 heterocycles. The van der Waals surface area contributed by atoms with E-state index in [1.807, 2.05) is 0 Å². The first-order chi connectivity index (χ1) is 9.92. The Morgan fingerprint density at radius 1 is 1.52 bits per heavy atom. The highest BCUT2D eigenvalue weighted by Gasteiger charge is 2.20.